The van der Waals surface area contributed by atoms with Crippen LogP contribution in [0.5, 0.6) is 0 Å². The minimum absolute atomic E-state index is 0.0966. The van der Waals surface area contributed by atoms with Gasteiger partial charge in [-0.25, -0.2) is 15.0 Å². The van der Waals surface area contributed by atoms with Crippen LogP contribution in [0.4, 0.5) is 11.8 Å². The first-order valence-electron chi connectivity index (χ1n) is 23.8. The van der Waals surface area contributed by atoms with Crippen LogP contribution in [-0.4, -0.2) is 50.8 Å². The summed E-state index contributed by atoms with van der Waals surface area (Å²) in [5.74, 6) is -0.977. The minimum Gasteiger partial charge on any atom is -0.463 e. The number of carbonyl (C=O) groups excluding carboxylic acids is 2. The van der Waals surface area contributed by atoms with Gasteiger partial charge < -0.3 is 14.2 Å². The third-order valence-electron chi connectivity index (χ3n) is 11.0. The highest BCUT2D eigenvalue weighted by Crippen LogP contribution is 2.25. The molecule has 2 aromatic rings. The Hall–Kier alpha value is -3.93. The second kappa shape index (κ2) is 36.9. The Kier molecular flexibility index (Phi) is 32.1. The van der Waals surface area contributed by atoms with E-state index in [-0.39, 0.29) is 54.8 Å². The fourth-order valence-electron chi connectivity index (χ4n) is 7.34. The van der Waals surface area contributed by atoms with Crippen molar-refractivity contribution in [3.8, 4) is 0 Å². The molecule has 0 saturated heterocycles. The van der Waals surface area contributed by atoms with Crippen molar-refractivity contribution in [3.05, 3.63) is 27.2 Å². The van der Waals surface area contributed by atoms with Gasteiger partial charge in [-0.1, -0.05) is 194 Å². The molecule has 0 aliphatic carbocycles. The molecule has 0 amide bonds. The van der Waals surface area contributed by atoms with Crippen LogP contribution < -0.4 is 0 Å². The van der Waals surface area contributed by atoms with E-state index in [0.717, 1.165) is 38.5 Å². The smallest absolute Gasteiger partial charge is 0.305 e. The number of nitrogens with zero attached hydrogens (tertiary/aromatic N) is 10. The molecule has 0 radical (unpaired) electrons. The standard InChI is InChI=1S/C45H78N10O5/c1-3-5-7-9-11-13-15-17-19-21-23-25-27-29-31-33-40(56)58-35-39(60-38-55-37-48-42-43(51-53-46)49-45(52-54-47)50-44(42)55)36-59-41(57)34-32-30-28-26-24-22-20-18-16-14-12-10-8-6-4-2/h37,39H,3-36,38H2,1-2H3. The Bertz CT molecular complexity index is 1460. The van der Waals surface area contributed by atoms with E-state index in [0.29, 0.717) is 12.8 Å². The maximum atomic E-state index is 12.7. The lowest BCUT2D eigenvalue weighted by Gasteiger charge is -2.18. The van der Waals surface area contributed by atoms with Gasteiger partial charge in [-0.15, -0.1) is 0 Å². The minimum atomic E-state index is -0.757. The summed E-state index contributed by atoms with van der Waals surface area (Å²) in [5.41, 5.74) is 18.3. The van der Waals surface area contributed by atoms with Crippen molar-refractivity contribution in [1.29, 1.82) is 0 Å². The molecular formula is C45H78N10O5. The fraction of sp³-hybridized carbons (Fsp3) is 0.844. The molecule has 0 aromatic carbocycles. The van der Waals surface area contributed by atoms with Crippen LogP contribution >= 0.6 is 0 Å². The van der Waals surface area contributed by atoms with Crippen molar-refractivity contribution in [3.63, 3.8) is 0 Å². The van der Waals surface area contributed by atoms with Crippen LogP contribution in [0.2, 0.25) is 0 Å². The molecule has 60 heavy (non-hydrogen) atoms. The average molecular weight is 839 g/mol. The maximum absolute atomic E-state index is 12.7. The lowest BCUT2D eigenvalue weighted by molar-refractivity contribution is -0.157. The molecule has 338 valence electrons. The van der Waals surface area contributed by atoms with Crippen molar-refractivity contribution in [1.82, 2.24) is 19.5 Å². The number of fused-ring (bicyclic) bond motifs is 1. The van der Waals surface area contributed by atoms with E-state index >= 15 is 0 Å². The van der Waals surface area contributed by atoms with Gasteiger partial charge in [0.2, 0.25) is 5.95 Å². The fourth-order valence-corrected chi connectivity index (χ4v) is 7.34. The summed E-state index contributed by atoms with van der Waals surface area (Å²) < 4.78 is 18.7. The van der Waals surface area contributed by atoms with E-state index in [1.165, 1.54) is 165 Å². The second-order valence-corrected chi connectivity index (χ2v) is 16.3. The van der Waals surface area contributed by atoms with Crippen LogP contribution in [0.1, 0.15) is 219 Å². The van der Waals surface area contributed by atoms with E-state index in [1.807, 2.05) is 0 Å². The van der Waals surface area contributed by atoms with Gasteiger partial charge in [-0.2, -0.15) is 0 Å². The van der Waals surface area contributed by atoms with Crippen LogP contribution in [-0.2, 0) is 30.5 Å². The van der Waals surface area contributed by atoms with Gasteiger partial charge in [-0.3, -0.25) is 14.2 Å². The van der Waals surface area contributed by atoms with Gasteiger partial charge in [0.15, 0.2) is 11.5 Å². The molecular weight excluding hydrogens is 761 g/mol. The summed E-state index contributed by atoms with van der Waals surface area (Å²) in [5, 5.41) is 6.97. The predicted molar refractivity (Wildman–Crippen MR) is 239 cm³/mol. The van der Waals surface area contributed by atoms with Crippen molar-refractivity contribution in [2.75, 3.05) is 13.2 Å². The quantitative estimate of drug-likeness (QED) is 0.0207. The number of azide groups is 2. The van der Waals surface area contributed by atoms with Crippen LogP contribution in [0, 0.1) is 0 Å². The van der Waals surface area contributed by atoms with E-state index < -0.39 is 6.10 Å². The van der Waals surface area contributed by atoms with Gasteiger partial charge in [0.05, 0.1) is 6.33 Å². The van der Waals surface area contributed by atoms with E-state index in [2.05, 4.69) is 48.9 Å². The Labute approximate surface area is 360 Å². The summed E-state index contributed by atoms with van der Waals surface area (Å²) in [4.78, 5) is 43.3. The number of carbonyl (C=O) groups is 2. The molecule has 0 saturated carbocycles. The first-order valence-corrected chi connectivity index (χ1v) is 23.8. The summed E-state index contributed by atoms with van der Waals surface area (Å²) in [6.07, 6.45) is 38.9. The van der Waals surface area contributed by atoms with E-state index in [9.17, 15) is 9.59 Å². The number of imidazole rings is 1. The normalized spacial score (nSPS) is 11.2. The van der Waals surface area contributed by atoms with Gasteiger partial charge in [0.1, 0.15) is 31.6 Å². The SMILES string of the molecule is CCCCCCCCCCCCCCCCCC(=O)OCC(COC(=O)CCCCCCCCCCCCCCCCC)OCn1cnc2c(N=[N+]=[N-])nc(N=[N+]=[N-])nc21. The van der Waals surface area contributed by atoms with Crippen LogP contribution in [0.15, 0.2) is 16.6 Å². The monoisotopic (exact) mass is 839 g/mol. The molecule has 2 heterocycles. The number of aromatic nitrogens is 4. The molecule has 0 unspecified atom stereocenters. The van der Waals surface area contributed by atoms with Crippen LogP contribution in [0.25, 0.3) is 32.0 Å². The molecule has 2 rings (SSSR count). The molecule has 0 bridgehead atoms. The molecule has 15 nitrogen and oxygen atoms in total. The highest BCUT2D eigenvalue weighted by molar-refractivity contribution is 5.82. The third-order valence-corrected chi connectivity index (χ3v) is 11.0. The largest absolute Gasteiger partial charge is 0.463 e. The topological polar surface area (TPSA) is 203 Å². The average Bonchev–Trinajstić information content (AvgIpc) is 3.66. The molecule has 15 heteroatoms. The summed E-state index contributed by atoms with van der Waals surface area (Å²) in [7, 11) is 0. The van der Waals surface area contributed by atoms with E-state index in [4.69, 9.17) is 25.3 Å². The first-order chi connectivity index (χ1) is 29.5. The Morgan fingerprint density at radius 3 is 1.35 bits per heavy atom. The number of ether oxygens (including phenoxy) is 3. The number of rotatable bonds is 41. The predicted octanol–water partition coefficient (Wildman–Crippen LogP) is 14.7. The Morgan fingerprint density at radius 2 is 0.967 bits per heavy atom. The van der Waals surface area contributed by atoms with Gasteiger partial charge in [-0.05, 0) is 34.1 Å². The summed E-state index contributed by atoms with van der Waals surface area (Å²) in [6, 6.07) is 0. The summed E-state index contributed by atoms with van der Waals surface area (Å²) in [6.45, 7) is 4.21. The molecule has 2 aromatic heterocycles. The lowest BCUT2D eigenvalue weighted by atomic mass is 10.0. The molecule has 0 aliphatic rings. The van der Waals surface area contributed by atoms with Gasteiger partial charge in [0.25, 0.3) is 0 Å². The zero-order valence-electron chi connectivity index (χ0n) is 37.4. The van der Waals surface area contributed by atoms with Crippen molar-refractivity contribution >= 4 is 34.9 Å². The number of esters is 2. The zero-order valence-corrected chi connectivity index (χ0v) is 37.4. The molecule has 0 spiro atoms. The highest BCUT2D eigenvalue weighted by atomic mass is 16.6. The van der Waals surface area contributed by atoms with Crippen LogP contribution in [0.3, 0.4) is 0 Å². The Balaban J connectivity index is 1.72. The van der Waals surface area contributed by atoms with Crippen molar-refractivity contribution < 1.29 is 23.8 Å². The Morgan fingerprint density at radius 1 is 0.583 bits per heavy atom. The zero-order chi connectivity index (χ0) is 43.1. The number of hydrogen-bond acceptors (Lipinski definition) is 10. The molecule has 0 atom stereocenters. The molecule has 0 N–H and O–H groups in total. The number of unbranched alkanes of at least 4 members (excludes halogenated alkanes) is 28. The maximum Gasteiger partial charge on any atom is 0.305 e. The van der Waals surface area contributed by atoms with E-state index in [1.54, 1.807) is 0 Å². The molecule has 0 aliphatic heterocycles. The molecule has 0 fully saturated rings. The summed E-state index contributed by atoms with van der Waals surface area (Å²) >= 11 is 0. The lowest BCUT2D eigenvalue weighted by Crippen LogP contribution is -2.29. The van der Waals surface area contributed by atoms with Crippen molar-refractivity contribution in [2.24, 2.45) is 10.2 Å². The van der Waals surface area contributed by atoms with Crippen molar-refractivity contribution in [2.45, 2.75) is 232 Å². The highest BCUT2D eigenvalue weighted by Gasteiger charge is 2.18. The first kappa shape index (κ1) is 52.2. The second-order valence-electron chi connectivity index (χ2n) is 16.3. The third kappa shape index (κ3) is 26.3. The number of hydrogen-bond donors (Lipinski definition) is 0. The van der Waals surface area contributed by atoms with Gasteiger partial charge in [0, 0.05) is 22.7 Å². The van der Waals surface area contributed by atoms with Gasteiger partial charge >= 0.3 is 11.9 Å².